The monoisotopic (exact) mass is 440 g/mol. The second-order valence-corrected chi connectivity index (χ2v) is 7.55. The molecule has 0 saturated heterocycles. The molecule has 0 bridgehead atoms. The topological polar surface area (TPSA) is 76.7 Å². The molecule has 0 radical (unpaired) electrons. The fourth-order valence-corrected chi connectivity index (χ4v) is 3.54. The van der Waals surface area contributed by atoms with Gasteiger partial charge in [-0.15, -0.1) is 0 Å². The summed E-state index contributed by atoms with van der Waals surface area (Å²) in [7, 11) is 3.11. The summed E-state index contributed by atoms with van der Waals surface area (Å²) in [5, 5.41) is 5.73. The highest BCUT2D eigenvalue weighted by Gasteiger charge is 2.19. The van der Waals surface area contributed by atoms with Gasteiger partial charge in [0.05, 0.1) is 14.2 Å². The molecule has 166 valence electrons. The van der Waals surface area contributed by atoms with Crippen LogP contribution in [-0.2, 0) is 16.0 Å². The second kappa shape index (κ2) is 9.87. The third-order valence-electron chi connectivity index (χ3n) is 5.26. The van der Waals surface area contributed by atoms with Crippen molar-refractivity contribution in [2.45, 2.75) is 6.42 Å². The molecule has 0 fully saturated rings. The van der Waals surface area contributed by atoms with E-state index in [2.05, 4.69) is 10.6 Å². The molecule has 0 atom stereocenters. The molecule has 33 heavy (non-hydrogen) atoms. The van der Waals surface area contributed by atoms with Gasteiger partial charge in [0.15, 0.2) is 0 Å². The highest BCUT2D eigenvalue weighted by atomic mass is 16.5. The quantitative estimate of drug-likeness (QED) is 0.533. The summed E-state index contributed by atoms with van der Waals surface area (Å²) in [5.74, 6) is 0.833. The first-order chi connectivity index (χ1) is 16.0. The van der Waals surface area contributed by atoms with Crippen LogP contribution in [0.5, 0.6) is 11.5 Å². The summed E-state index contributed by atoms with van der Waals surface area (Å²) in [6.45, 7) is 0. The third-order valence-corrected chi connectivity index (χ3v) is 5.26. The van der Waals surface area contributed by atoms with Crippen LogP contribution in [0, 0.1) is 0 Å². The van der Waals surface area contributed by atoms with Crippen molar-refractivity contribution in [2.75, 3.05) is 24.9 Å². The summed E-state index contributed by atoms with van der Waals surface area (Å²) in [6.07, 6.45) is 5.68. The van der Waals surface area contributed by atoms with Crippen molar-refractivity contribution >= 4 is 35.3 Å². The summed E-state index contributed by atoms with van der Waals surface area (Å²) < 4.78 is 10.4. The lowest BCUT2D eigenvalue weighted by molar-refractivity contribution is -0.113. The van der Waals surface area contributed by atoms with E-state index in [1.165, 1.54) is 6.08 Å². The summed E-state index contributed by atoms with van der Waals surface area (Å²) in [6, 6.07) is 20.6. The Morgan fingerprint density at radius 3 is 2.30 bits per heavy atom. The van der Waals surface area contributed by atoms with Gasteiger partial charge in [-0.1, -0.05) is 42.5 Å². The van der Waals surface area contributed by atoms with Crippen LogP contribution in [-0.4, -0.2) is 26.0 Å². The average molecular weight is 440 g/mol. The van der Waals surface area contributed by atoms with Gasteiger partial charge in [-0.25, -0.2) is 0 Å². The van der Waals surface area contributed by atoms with Crippen LogP contribution >= 0.6 is 0 Å². The number of anilines is 2. The number of methoxy groups -OCH3 is 2. The third kappa shape index (κ3) is 5.49. The second-order valence-electron chi connectivity index (χ2n) is 7.55. The minimum Gasteiger partial charge on any atom is -0.497 e. The van der Waals surface area contributed by atoms with Crippen LogP contribution in [0.3, 0.4) is 0 Å². The van der Waals surface area contributed by atoms with Crippen molar-refractivity contribution in [3.63, 3.8) is 0 Å². The number of hydrogen-bond acceptors (Lipinski definition) is 4. The van der Waals surface area contributed by atoms with E-state index in [1.54, 1.807) is 38.5 Å². The fraction of sp³-hybridized carbons (Fsp3) is 0.111. The van der Waals surface area contributed by atoms with Gasteiger partial charge in [0.2, 0.25) is 5.91 Å². The molecule has 6 nitrogen and oxygen atoms in total. The van der Waals surface area contributed by atoms with Crippen molar-refractivity contribution in [2.24, 2.45) is 0 Å². The molecule has 0 spiro atoms. The molecule has 2 N–H and O–H groups in total. The van der Waals surface area contributed by atoms with Crippen LogP contribution < -0.4 is 20.1 Å². The number of para-hydroxylation sites is 1. The van der Waals surface area contributed by atoms with Crippen LogP contribution in [0.2, 0.25) is 0 Å². The fourth-order valence-electron chi connectivity index (χ4n) is 3.54. The Morgan fingerprint density at radius 1 is 0.939 bits per heavy atom. The van der Waals surface area contributed by atoms with Crippen molar-refractivity contribution in [1.82, 2.24) is 0 Å². The lowest BCUT2D eigenvalue weighted by atomic mass is 9.96. The number of nitrogens with one attached hydrogen (secondary N) is 2. The summed E-state index contributed by atoms with van der Waals surface area (Å²) >= 11 is 0. The van der Waals surface area contributed by atoms with Gasteiger partial charge in [-0.2, -0.15) is 0 Å². The minimum atomic E-state index is -0.269. The van der Waals surface area contributed by atoms with E-state index in [9.17, 15) is 9.59 Å². The predicted molar refractivity (Wildman–Crippen MR) is 130 cm³/mol. The molecule has 1 aliphatic rings. The number of amides is 2. The van der Waals surface area contributed by atoms with Gasteiger partial charge >= 0.3 is 0 Å². The maximum absolute atomic E-state index is 12.4. The standard InChI is InChI=1S/C27H24N2O4/c1-32-23-15-22(16-24(17-23)33-2)28-26(30)12-11-18-7-9-19(10-8-18)13-21-14-20-5-3-4-6-25(20)29-27(21)31/h3-13,15-17H,14H2,1-2H3,(H,28,30)(H,29,31)/b12-11+,21-13+. The largest absolute Gasteiger partial charge is 0.497 e. The molecule has 0 saturated carbocycles. The van der Waals surface area contributed by atoms with Gasteiger partial charge in [-0.3, -0.25) is 9.59 Å². The molecule has 3 aromatic rings. The molecule has 0 aromatic heterocycles. The Bertz CT molecular complexity index is 1220. The van der Waals surface area contributed by atoms with Gasteiger partial charge in [0.1, 0.15) is 11.5 Å². The number of carbonyl (C=O) groups is 2. The molecule has 6 heteroatoms. The molecule has 1 aliphatic heterocycles. The van der Waals surface area contributed by atoms with E-state index < -0.39 is 0 Å². The Hall–Kier alpha value is -4.32. The smallest absolute Gasteiger partial charge is 0.251 e. The van der Waals surface area contributed by atoms with E-state index in [0.29, 0.717) is 29.2 Å². The first-order valence-electron chi connectivity index (χ1n) is 10.5. The van der Waals surface area contributed by atoms with E-state index in [-0.39, 0.29) is 11.8 Å². The van der Waals surface area contributed by atoms with E-state index in [4.69, 9.17) is 9.47 Å². The Balaban J connectivity index is 1.41. The minimum absolute atomic E-state index is 0.0801. The van der Waals surface area contributed by atoms with Crippen LogP contribution in [0.15, 0.2) is 78.4 Å². The Kier molecular flexibility index (Phi) is 6.55. The van der Waals surface area contributed by atoms with Crippen molar-refractivity contribution < 1.29 is 19.1 Å². The predicted octanol–water partition coefficient (Wildman–Crippen LogP) is 4.93. The van der Waals surface area contributed by atoms with Gasteiger partial charge in [0.25, 0.3) is 5.91 Å². The maximum atomic E-state index is 12.4. The number of ether oxygens (including phenoxy) is 2. The number of hydrogen-bond donors (Lipinski definition) is 2. The van der Waals surface area contributed by atoms with E-state index >= 15 is 0 Å². The number of rotatable bonds is 6. The summed E-state index contributed by atoms with van der Waals surface area (Å²) in [4.78, 5) is 24.7. The maximum Gasteiger partial charge on any atom is 0.251 e. The first kappa shape index (κ1) is 21.9. The highest BCUT2D eigenvalue weighted by molar-refractivity contribution is 6.09. The van der Waals surface area contributed by atoms with Crippen molar-refractivity contribution in [3.8, 4) is 11.5 Å². The Morgan fingerprint density at radius 2 is 1.61 bits per heavy atom. The van der Waals surface area contributed by atoms with Crippen LogP contribution in [0.25, 0.3) is 12.2 Å². The van der Waals surface area contributed by atoms with Gasteiger partial charge in [0, 0.05) is 47.6 Å². The molecule has 2 amide bonds. The van der Waals surface area contributed by atoms with Gasteiger partial charge in [-0.05, 0) is 34.9 Å². The van der Waals surface area contributed by atoms with Crippen LogP contribution in [0.4, 0.5) is 11.4 Å². The molecular weight excluding hydrogens is 416 g/mol. The number of benzene rings is 3. The molecule has 0 unspecified atom stereocenters. The average Bonchev–Trinajstić information content (AvgIpc) is 2.83. The lowest BCUT2D eigenvalue weighted by Gasteiger charge is -2.19. The first-order valence-corrected chi connectivity index (χ1v) is 10.5. The van der Waals surface area contributed by atoms with Crippen LogP contribution in [0.1, 0.15) is 16.7 Å². The molecular formula is C27H24N2O4. The zero-order valence-electron chi connectivity index (χ0n) is 18.4. The summed E-state index contributed by atoms with van der Waals surface area (Å²) in [5.41, 5.74) is 5.05. The highest BCUT2D eigenvalue weighted by Crippen LogP contribution is 2.27. The molecule has 4 rings (SSSR count). The zero-order valence-corrected chi connectivity index (χ0v) is 18.4. The number of carbonyl (C=O) groups excluding carboxylic acids is 2. The lowest BCUT2D eigenvalue weighted by Crippen LogP contribution is -2.21. The van der Waals surface area contributed by atoms with E-state index in [0.717, 1.165) is 22.4 Å². The zero-order chi connectivity index (χ0) is 23.2. The molecule has 3 aromatic carbocycles. The number of fused-ring (bicyclic) bond motifs is 1. The normalized spacial score (nSPS) is 14.0. The van der Waals surface area contributed by atoms with E-state index in [1.807, 2.05) is 54.6 Å². The SMILES string of the molecule is COc1cc(NC(=O)/C=C/c2ccc(/C=C3\Cc4ccccc4NC3=O)cc2)cc(OC)c1. The molecule has 1 heterocycles. The molecule has 0 aliphatic carbocycles. The van der Waals surface area contributed by atoms with Crippen molar-refractivity contribution in [1.29, 1.82) is 0 Å². The Labute approximate surface area is 192 Å². The van der Waals surface area contributed by atoms with Crippen molar-refractivity contribution in [3.05, 3.63) is 95.1 Å². The van der Waals surface area contributed by atoms with Gasteiger partial charge < -0.3 is 20.1 Å².